The van der Waals surface area contributed by atoms with E-state index in [2.05, 4.69) is 65.5 Å². The smallest absolute Gasteiger partial charge is 0.0811 e. The molecule has 3 rings (SSSR count). The summed E-state index contributed by atoms with van der Waals surface area (Å²) in [4.78, 5) is 0. The molecule has 0 aromatic heterocycles. The molecule has 0 aliphatic heterocycles. The van der Waals surface area contributed by atoms with Gasteiger partial charge in [0.1, 0.15) is 0 Å². The molecule has 3 fully saturated rings. The minimum atomic E-state index is -0.605. The van der Waals surface area contributed by atoms with Crippen LogP contribution in [0.4, 0.5) is 0 Å². The van der Waals surface area contributed by atoms with Gasteiger partial charge in [0.15, 0.2) is 0 Å². The fourth-order valence-corrected chi connectivity index (χ4v) is 6.32. The van der Waals surface area contributed by atoms with Gasteiger partial charge in [-0.1, -0.05) is 71.1 Å². The second kappa shape index (κ2) is 9.57. The minimum Gasteiger partial charge on any atom is -0.393 e. The maximum atomic E-state index is 10.1. The van der Waals surface area contributed by atoms with E-state index >= 15 is 0 Å². The molecule has 1 unspecified atom stereocenters. The molecule has 7 atom stereocenters. The van der Waals surface area contributed by atoms with Gasteiger partial charge in [-0.25, -0.2) is 0 Å². The van der Waals surface area contributed by atoms with Crippen molar-refractivity contribution in [2.75, 3.05) is 0 Å². The maximum Gasteiger partial charge on any atom is 0.0811 e. The van der Waals surface area contributed by atoms with Crippen LogP contribution in [0, 0.1) is 35.0 Å². The Morgan fingerprint density at radius 2 is 1.80 bits per heavy atom. The Hall–Kier alpha value is -1.12. The number of allylic oxidation sites excluding steroid dienone is 5. The highest BCUT2D eigenvalue weighted by Crippen LogP contribution is 2.59. The molecule has 0 saturated heterocycles. The van der Waals surface area contributed by atoms with E-state index in [9.17, 15) is 10.2 Å². The molecule has 0 bridgehead atoms. The number of aliphatic hydroxyl groups is 2. The summed E-state index contributed by atoms with van der Waals surface area (Å²) in [6, 6.07) is 0. The number of aliphatic hydroxyl groups excluding tert-OH is 2. The number of rotatable bonds is 5. The fourth-order valence-electron chi connectivity index (χ4n) is 6.32. The second-order valence-corrected chi connectivity index (χ2v) is 11.0. The van der Waals surface area contributed by atoms with Crippen molar-refractivity contribution >= 4 is 0 Å². The van der Waals surface area contributed by atoms with E-state index in [1.54, 1.807) is 5.57 Å². The lowest BCUT2D eigenvalue weighted by molar-refractivity contribution is 0.0862. The molecule has 30 heavy (non-hydrogen) atoms. The molecule has 3 saturated carbocycles. The first-order valence-corrected chi connectivity index (χ1v) is 12.3. The Balaban J connectivity index is 1.76. The largest absolute Gasteiger partial charge is 0.393 e. The van der Waals surface area contributed by atoms with Gasteiger partial charge in [-0.05, 0) is 84.7 Å². The van der Waals surface area contributed by atoms with Gasteiger partial charge in [0.2, 0.25) is 0 Å². The van der Waals surface area contributed by atoms with Gasteiger partial charge >= 0.3 is 0 Å². The Labute approximate surface area is 184 Å². The first-order valence-electron chi connectivity index (χ1n) is 12.3. The average molecular weight is 413 g/mol. The van der Waals surface area contributed by atoms with Crippen LogP contribution in [0.15, 0.2) is 47.6 Å². The minimum absolute atomic E-state index is 0.385. The summed E-state index contributed by atoms with van der Waals surface area (Å²) in [6.07, 6.45) is 15.8. The van der Waals surface area contributed by atoms with Crippen LogP contribution in [0.5, 0.6) is 0 Å². The third-order valence-electron chi connectivity index (χ3n) is 8.71. The summed E-state index contributed by atoms with van der Waals surface area (Å²) < 4.78 is 0. The van der Waals surface area contributed by atoms with Crippen LogP contribution in [-0.2, 0) is 0 Å². The predicted octanol–water partition coefficient (Wildman–Crippen LogP) is 6.61. The lowest BCUT2D eigenvalue weighted by Gasteiger charge is -2.44. The molecule has 3 aliphatic rings. The van der Waals surface area contributed by atoms with E-state index in [4.69, 9.17) is 0 Å². The average Bonchev–Trinajstić information content (AvgIpc) is 3.04. The molecule has 2 nitrogen and oxygen atoms in total. The van der Waals surface area contributed by atoms with Crippen LogP contribution in [0.25, 0.3) is 0 Å². The van der Waals surface area contributed by atoms with Gasteiger partial charge in [0.05, 0.1) is 12.2 Å². The summed E-state index contributed by atoms with van der Waals surface area (Å²) in [5, 5.41) is 20.2. The van der Waals surface area contributed by atoms with Gasteiger partial charge in [-0.15, -0.1) is 0 Å². The number of hydrogen-bond donors (Lipinski definition) is 2. The van der Waals surface area contributed by atoms with Gasteiger partial charge < -0.3 is 10.2 Å². The van der Waals surface area contributed by atoms with E-state index in [-0.39, 0.29) is 0 Å². The normalized spacial score (nSPS) is 39.8. The van der Waals surface area contributed by atoms with E-state index in [0.29, 0.717) is 41.9 Å². The van der Waals surface area contributed by atoms with Gasteiger partial charge in [-0.3, -0.25) is 0 Å². The Morgan fingerprint density at radius 1 is 1.07 bits per heavy atom. The lowest BCUT2D eigenvalue weighted by atomic mass is 9.61. The molecule has 3 aliphatic carbocycles. The second-order valence-electron chi connectivity index (χ2n) is 11.0. The van der Waals surface area contributed by atoms with Crippen molar-refractivity contribution < 1.29 is 10.2 Å². The zero-order valence-corrected chi connectivity index (χ0v) is 19.9. The van der Waals surface area contributed by atoms with Crippen molar-refractivity contribution in [3.05, 3.63) is 47.6 Å². The van der Waals surface area contributed by atoms with E-state index in [1.165, 1.54) is 32.1 Å². The zero-order valence-electron chi connectivity index (χ0n) is 19.9. The highest BCUT2D eigenvalue weighted by atomic mass is 16.3. The highest BCUT2D eigenvalue weighted by Gasteiger charge is 2.50. The van der Waals surface area contributed by atoms with Crippen LogP contribution >= 0.6 is 0 Å². The summed E-state index contributed by atoms with van der Waals surface area (Å²) >= 11 is 0. The predicted molar refractivity (Wildman–Crippen MR) is 127 cm³/mol. The first kappa shape index (κ1) is 23.5. The molecule has 0 radical (unpaired) electrons. The molecule has 168 valence electrons. The van der Waals surface area contributed by atoms with Crippen molar-refractivity contribution in [2.24, 2.45) is 35.0 Å². The van der Waals surface area contributed by atoms with Gasteiger partial charge in [0.25, 0.3) is 0 Å². The zero-order chi connectivity index (χ0) is 22.1. The molecule has 0 spiro atoms. The quantitative estimate of drug-likeness (QED) is 0.499. The van der Waals surface area contributed by atoms with Crippen LogP contribution < -0.4 is 0 Å². The molecule has 2 N–H and O–H groups in total. The topological polar surface area (TPSA) is 40.5 Å². The highest BCUT2D eigenvalue weighted by molar-refractivity contribution is 5.38. The third kappa shape index (κ3) is 4.86. The molecular weight excluding hydrogens is 368 g/mol. The van der Waals surface area contributed by atoms with Crippen LogP contribution in [0.1, 0.15) is 79.6 Å². The molecule has 0 heterocycles. The van der Waals surface area contributed by atoms with Crippen molar-refractivity contribution in [1.82, 2.24) is 0 Å². The van der Waals surface area contributed by atoms with E-state index < -0.39 is 12.2 Å². The summed E-state index contributed by atoms with van der Waals surface area (Å²) in [5.41, 5.74) is 3.77. The van der Waals surface area contributed by atoms with Crippen molar-refractivity contribution in [3.8, 4) is 0 Å². The lowest BCUT2D eigenvalue weighted by Crippen LogP contribution is -2.35. The molecule has 0 aromatic rings. The number of hydrogen-bond acceptors (Lipinski definition) is 2. The molecule has 2 heteroatoms. The van der Waals surface area contributed by atoms with Crippen LogP contribution in [0.3, 0.4) is 0 Å². The fraction of sp³-hybridized carbons (Fsp3) is 0.714. The third-order valence-corrected chi connectivity index (χ3v) is 8.71. The monoisotopic (exact) mass is 412 g/mol. The molecular formula is C28H44O2. The molecule has 0 amide bonds. The van der Waals surface area contributed by atoms with E-state index in [0.717, 1.165) is 17.1 Å². The Kier molecular flexibility index (Phi) is 7.51. The van der Waals surface area contributed by atoms with Crippen LogP contribution in [0.2, 0.25) is 0 Å². The van der Waals surface area contributed by atoms with Crippen molar-refractivity contribution in [3.63, 3.8) is 0 Å². The Morgan fingerprint density at radius 3 is 2.50 bits per heavy atom. The maximum absolute atomic E-state index is 10.1. The summed E-state index contributed by atoms with van der Waals surface area (Å²) in [6.45, 7) is 16.0. The van der Waals surface area contributed by atoms with E-state index in [1.807, 2.05) is 0 Å². The summed E-state index contributed by atoms with van der Waals surface area (Å²) in [7, 11) is 0. The molecule has 0 aromatic carbocycles. The SMILES string of the molecule is C=C1/C(=C\C=C2/CCC[C@@]3(C)C2CC[C@@H]3[C@H](C)/C=C/[C@H](C)C(C)C)C[C@@H](O)C[C@H]1O. The first-order chi connectivity index (χ1) is 14.1. The summed E-state index contributed by atoms with van der Waals surface area (Å²) in [5.74, 6) is 3.38. The standard InChI is InChI=1S/C28H44O2/c1-18(2)19(3)9-10-20(4)25-13-14-26-22(8-7-15-28(25,26)6)11-12-23-16-24(29)17-27(30)21(23)5/h9-12,18-20,24-27,29-30H,5,7-8,13-17H2,1-4,6H3/b10-9+,22-11+,23-12-/t19-,20+,24+,25+,26?,27+,28+/m0/s1. The van der Waals surface area contributed by atoms with Crippen LogP contribution in [-0.4, -0.2) is 22.4 Å². The number of fused-ring (bicyclic) bond motifs is 1. The van der Waals surface area contributed by atoms with Gasteiger partial charge in [0, 0.05) is 6.42 Å². The van der Waals surface area contributed by atoms with Gasteiger partial charge in [-0.2, -0.15) is 0 Å². The van der Waals surface area contributed by atoms with Crippen molar-refractivity contribution in [1.29, 1.82) is 0 Å². The Bertz CT molecular complexity index is 712. The van der Waals surface area contributed by atoms with Crippen molar-refractivity contribution in [2.45, 2.75) is 91.8 Å².